The molecule has 0 unspecified atom stereocenters. The fraction of sp³-hybridized carbons (Fsp3) is 0.217. The van der Waals surface area contributed by atoms with Crippen molar-refractivity contribution in [1.29, 1.82) is 0 Å². The summed E-state index contributed by atoms with van der Waals surface area (Å²) in [6, 6.07) is 12.1. The third-order valence-electron chi connectivity index (χ3n) is 4.67. The van der Waals surface area contributed by atoms with Gasteiger partial charge in [0.1, 0.15) is 6.54 Å². The van der Waals surface area contributed by atoms with Crippen LogP contribution in [0.1, 0.15) is 11.1 Å². The number of hydrogen-bond donors (Lipinski definition) is 1. The number of anilines is 1. The topological polar surface area (TPSA) is 111 Å². The molecule has 1 fully saturated rings. The average Bonchev–Trinajstić information content (AvgIpc) is 3.06. The molecule has 172 valence electrons. The van der Waals surface area contributed by atoms with Crippen molar-refractivity contribution in [3.63, 3.8) is 0 Å². The first-order chi connectivity index (χ1) is 15.8. The first kappa shape index (κ1) is 23.9. The predicted octanol–water partition coefficient (Wildman–Crippen LogP) is 3.23. The van der Waals surface area contributed by atoms with Crippen molar-refractivity contribution in [2.24, 2.45) is 0 Å². The van der Waals surface area contributed by atoms with Gasteiger partial charge in [0.15, 0.2) is 18.1 Å². The molecule has 9 nitrogen and oxygen atoms in total. The van der Waals surface area contributed by atoms with Gasteiger partial charge in [-0.1, -0.05) is 30.3 Å². The van der Waals surface area contributed by atoms with Crippen molar-refractivity contribution in [2.75, 3.05) is 32.7 Å². The molecule has 0 bridgehead atoms. The highest BCUT2D eigenvalue weighted by Gasteiger charge is 2.36. The second-order valence-electron chi connectivity index (χ2n) is 6.87. The Morgan fingerprint density at radius 1 is 1.09 bits per heavy atom. The molecule has 2 aromatic rings. The molecular weight excluding hydrogens is 448 g/mol. The van der Waals surface area contributed by atoms with E-state index in [-0.39, 0.29) is 17.3 Å². The van der Waals surface area contributed by atoms with Gasteiger partial charge in [-0.05, 0) is 42.5 Å². The molecule has 1 aliphatic rings. The number of aryl methyl sites for hydroxylation is 1. The lowest BCUT2D eigenvalue weighted by Crippen LogP contribution is -2.36. The fourth-order valence-corrected chi connectivity index (χ4v) is 3.80. The van der Waals surface area contributed by atoms with Crippen molar-refractivity contribution < 1.29 is 33.4 Å². The van der Waals surface area contributed by atoms with Crippen LogP contribution in [0, 0.1) is 6.92 Å². The molecule has 0 aromatic heterocycles. The highest BCUT2D eigenvalue weighted by Crippen LogP contribution is 2.37. The number of rotatable bonds is 8. The largest absolute Gasteiger partial charge is 0.493 e. The molecule has 1 N–H and O–H groups in total. The summed E-state index contributed by atoms with van der Waals surface area (Å²) in [5.41, 5.74) is 1.89. The first-order valence-electron chi connectivity index (χ1n) is 9.81. The van der Waals surface area contributed by atoms with Crippen molar-refractivity contribution in [3.05, 3.63) is 58.5 Å². The Labute approximate surface area is 194 Å². The summed E-state index contributed by atoms with van der Waals surface area (Å²) in [6.07, 6.45) is 1.46. The summed E-state index contributed by atoms with van der Waals surface area (Å²) in [7, 11) is 2.67. The lowest BCUT2D eigenvalue weighted by molar-refractivity contribution is -0.143. The van der Waals surface area contributed by atoms with E-state index < -0.39 is 29.6 Å². The molecule has 3 amide bonds. The second kappa shape index (κ2) is 10.7. The van der Waals surface area contributed by atoms with E-state index in [9.17, 15) is 19.2 Å². The van der Waals surface area contributed by atoms with E-state index >= 15 is 0 Å². The van der Waals surface area contributed by atoms with Gasteiger partial charge in [0, 0.05) is 11.3 Å². The first-order valence-corrected chi connectivity index (χ1v) is 10.6. The van der Waals surface area contributed by atoms with Gasteiger partial charge < -0.3 is 19.5 Å². The standard InChI is InChI=1S/C23H22N2O7S/c1-14-7-4-5-9-16(14)24-19(26)12-25-22(28)18(33-23(25)29)11-15-8-6-10-17(30-2)21(15)32-13-20(27)31-3/h4-11H,12-13H2,1-3H3,(H,24,26)/b18-11+. The lowest BCUT2D eigenvalue weighted by atomic mass is 10.1. The van der Waals surface area contributed by atoms with Crippen LogP contribution >= 0.6 is 11.8 Å². The highest BCUT2D eigenvalue weighted by atomic mass is 32.2. The monoisotopic (exact) mass is 470 g/mol. The molecule has 1 saturated heterocycles. The Morgan fingerprint density at radius 2 is 1.85 bits per heavy atom. The van der Waals surface area contributed by atoms with Crippen molar-refractivity contribution >= 4 is 46.5 Å². The zero-order chi connectivity index (χ0) is 24.0. The van der Waals surface area contributed by atoms with Crippen molar-refractivity contribution in [1.82, 2.24) is 4.90 Å². The third kappa shape index (κ3) is 5.72. The van der Waals surface area contributed by atoms with Gasteiger partial charge in [0.25, 0.3) is 11.1 Å². The van der Waals surface area contributed by atoms with Gasteiger partial charge in [-0.15, -0.1) is 0 Å². The van der Waals surface area contributed by atoms with Crippen LogP contribution < -0.4 is 14.8 Å². The molecule has 0 aliphatic carbocycles. The summed E-state index contributed by atoms with van der Waals surface area (Å²) in [4.78, 5) is 50.2. The normalized spacial score (nSPS) is 14.4. The minimum absolute atomic E-state index is 0.111. The number of amides is 3. The van der Waals surface area contributed by atoms with E-state index in [2.05, 4.69) is 10.1 Å². The van der Waals surface area contributed by atoms with E-state index in [1.807, 2.05) is 19.1 Å². The smallest absolute Gasteiger partial charge is 0.343 e. The summed E-state index contributed by atoms with van der Waals surface area (Å²) in [6.45, 7) is 1.06. The number of imide groups is 1. The number of carbonyl (C=O) groups is 4. The van der Waals surface area contributed by atoms with Crippen molar-refractivity contribution in [3.8, 4) is 11.5 Å². The van der Waals surface area contributed by atoms with Crippen LogP contribution in [0.5, 0.6) is 11.5 Å². The Morgan fingerprint density at radius 3 is 2.55 bits per heavy atom. The maximum Gasteiger partial charge on any atom is 0.343 e. The number of hydrogen-bond acceptors (Lipinski definition) is 8. The Bertz CT molecular complexity index is 1130. The maximum absolute atomic E-state index is 12.8. The van der Waals surface area contributed by atoms with Gasteiger partial charge in [-0.3, -0.25) is 19.3 Å². The van der Waals surface area contributed by atoms with Crippen LogP contribution in [0.15, 0.2) is 47.4 Å². The number of benzene rings is 2. The number of methoxy groups -OCH3 is 2. The minimum atomic E-state index is -0.605. The molecular formula is C23H22N2O7S. The quantitative estimate of drug-likeness (QED) is 0.462. The van der Waals surface area contributed by atoms with Crippen LogP contribution in [0.4, 0.5) is 10.5 Å². The summed E-state index contributed by atoms with van der Waals surface area (Å²) < 4.78 is 15.4. The van der Waals surface area contributed by atoms with E-state index in [0.29, 0.717) is 28.8 Å². The zero-order valence-corrected chi connectivity index (χ0v) is 19.1. The van der Waals surface area contributed by atoms with Crippen molar-refractivity contribution in [2.45, 2.75) is 6.92 Å². The highest BCUT2D eigenvalue weighted by molar-refractivity contribution is 8.18. The number of nitrogens with zero attached hydrogens (tertiary/aromatic N) is 1. The van der Waals surface area contributed by atoms with Crippen LogP contribution in [-0.4, -0.2) is 55.3 Å². The van der Waals surface area contributed by atoms with Crippen LogP contribution in [-0.2, 0) is 19.1 Å². The zero-order valence-electron chi connectivity index (χ0n) is 18.2. The van der Waals surface area contributed by atoms with E-state index in [0.717, 1.165) is 10.5 Å². The molecule has 0 saturated carbocycles. The van der Waals surface area contributed by atoms with E-state index in [1.165, 1.54) is 20.3 Å². The Hall–Kier alpha value is -3.79. The summed E-state index contributed by atoms with van der Waals surface area (Å²) >= 11 is 0.710. The molecule has 10 heteroatoms. The molecule has 0 atom stereocenters. The van der Waals surface area contributed by atoms with Gasteiger partial charge >= 0.3 is 5.97 Å². The predicted molar refractivity (Wildman–Crippen MR) is 123 cm³/mol. The van der Waals surface area contributed by atoms with Gasteiger partial charge in [-0.25, -0.2) is 4.79 Å². The fourth-order valence-electron chi connectivity index (χ4n) is 2.98. The third-order valence-corrected chi connectivity index (χ3v) is 5.58. The lowest BCUT2D eigenvalue weighted by Gasteiger charge is -2.14. The molecule has 1 aliphatic heterocycles. The number of esters is 1. The van der Waals surface area contributed by atoms with Gasteiger partial charge in [-0.2, -0.15) is 0 Å². The number of para-hydroxylation sites is 2. The molecule has 0 spiro atoms. The molecule has 2 aromatic carbocycles. The maximum atomic E-state index is 12.8. The summed E-state index contributed by atoms with van der Waals surface area (Å²) in [5.74, 6) is -1.13. The van der Waals surface area contributed by atoms with E-state index in [1.54, 1.807) is 30.3 Å². The van der Waals surface area contributed by atoms with Gasteiger partial charge in [0.05, 0.1) is 19.1 Å². The molecule has 33 heavy (non-hydrogen) atoms. The molecule has 1 heterocycles. The average molecular weight is 471 g/mol. The Kier molecular flexibility index (Phi) is 7.73. The second-order valence-corrected chi connectivity index (χ2v) is 7.87. The number of nitrogens with one attached hydrogen (secondary N) is 1. The van der Waals surface area contributed by atoms with Crippen LogP contribution in [0.3, 0.4) is 0 Å². The number of ether oxygens (including phenoxy) is 3. The molecule has 0 radical (unpaired) electrons. The SMILES string of the molecule is COC(=O)COc1c(/C=C2/SC(=O)N(CC(=O)Nc3ccccc3C)C2=O)cccc1OC. The van der Waals surface area contributed by atoms with E-state index in [4.69, 9.17) is 9.47 Å². The molecule has 3 rings (SSSR count). The Balaban J connectivity index is 1.78. The van der Waals surface area contributed by atoms with Crippen LogP contribution in [0.25, 0.3) is 6.08 Å². The summed E-state index contributed by atoms with van der Waals surface area (Å²) in [5, 5.41) is 2.14. The van der Waals surface area contributed by atoms with Crippen LogP contribution in [0.2, 0.25) is 0 Å². The number of carbonyl (C=O) groups excluding carboxylic acids is 4. The minimum Gasteiger partial charge on any atom is -0.493 e. The van der Waals surface area contributed by atoms with Gasteiger partial charge in [0.2, 0.25) is 5.91 Å². The number of thioether (sulfide) groups is 1.